The topological polar surface area (TPSA) is 35.6 Å². The Morgan fingerprint density at radius 3 is 2.85 bits per heavy atom. The van der Waals surface area contributed by atoms with E-state index in [1.165, 1.54) is 11.3 Å². The van der Waals surface area contributed by atoms with E-state index in [0.717, 1.165) is 45.7 Å². The quantitative estimate of drug-likeness (QED) is 0.914. The summed E-state index contributed by atoms with van der Waals surface area (Å²) in [6, 6.07) is 4.72. The van der Waals surface area contributed by atoms with Crippen molar-refractivity contribution in [1.82, 2.24) is 15.1 Å². The van der Waals surface area contributed by atoms with Crippen LogP contribution < -0.4 is 5.32 Å². The molecule has 2 aliphatic heterocycles. The molecule has 1 atom stereocenters. The molecule has 5 heteroatoms. The molecule has 0 bridgehead atoms. The molecule has 0 saturated carbocycles. The fourth-order valence-corrected chi connectivity index (χ4v) is 3.80. The minimum atomic E-state index is 0.333. The van der Waals surface area contributed by atoms with Gasteiger partial charge in [0.2, 0.25) is 5.91 Å². The van der Waals surface area contributed by atoms with Gasteiger partial charge < -0.3 is 10.2 Å². The summed E-state index contributed by atoms with van der Waals surface area (Å²) in [5.74, 6) is 0.333. The molecule has 20 heavy (non-hydrogen) atoms. The lowest BCUT2D eigenvalue weighted by atomic mass is 10.1. The first kappa shape index (κ1) is 14.0. The van der Waals surface area contributed by atoms with Crippen molar-refractivity contribution in [2.45, 2.75) is 31.8 Å². The van der Waals surface area contributed by atoms with Crippen LogP contribution in [0, 0.1) is 0 Å². The van der Waals surface area contributed by atoms with Crippen molar-refractivity contribution in [2.75, 3.05) is 32.7 Å². The first-order chi connectivity index (χ1) is 9.81. The fourth-order valence-electron chi connectivity index (χ4n) is 3.05. The van der Waals surface area contributed by atoms with Crippen LogP contribution in [0.1, 0.15) is 24.1 Å². The molecule has 2 fully saturated rings. The van der Waals surface area contributed by atoms with Crippen LogP contribution in [0.4, 0.5) is 0 Å². The van der Waals surface area contributed by atoms with Crippen molar-refractivity contribution in [1.29, 1.82) is 0 Å². The van der Waals surface area contributed by atoms with Gasteiger partial charge in [-0.2, -0.15) is 0 Å². The largest absolute Gasteiger partial charge is 0.340 e. The standard InChI is InChI=1S/C15H23N3OS/c19-15(11-13-3-1-5-16-13)18-8-6-17(7-9-18)12-14-4-2-10-20-14/h2,4,10,13,16H,1,3,5-9,11-12H2. The number of amides is 1. The lowest BCUT2D eigenvalue weighted by Gasteiger charge is -2.35. The number of nitrogens with one attached hydrogen (secondary N) is 1. The van der Waals surface area contributed by atoms with Gasteiger partial charge in [-0.15, -0.1) is 11.3 Å². The molecule has 3 heterocycles. The SMILES string of the molecule is O=C(CC1CCCN1)N1CCN(Cc2cccs2)CC1. The van der Waals surface area contributed by atoms with E-state index in [2.05, 4.69) is 27.7 Å². The number of carbonyl (C=O) groups excluding carboxylic acids is 1. The van der Waals surface area contributed by atoms with Crippen LogP contribution in [0.15, 0.2) is 17.5 Å². The third-order valence-electron chi connectivity index (χ3n) is 4.27. The average molecular weight is 293 g/mol. The Balaban J connectivity index is 1.42. The highest BCUT2D eigenvalue weighted by Crippen LogP contribution is 2.15. The van der Waals surface area contributed by atoms with Crippen LogP contribution in [-0.2, 0) is 11.3 Å². The second-order valence-electron chi connectivity index (χ2n) is 5.73. The monoisotopic (exact) mass is 293 g/mol. The number of hydrogen-bond acceptors (Lipinski definition) is 4. The Hall–Kier alpha value is -0.910. The highest BCUT2D eigenvalue weighted by atomic mass is 32.1. The fraction of sp³-hybridized carbons (Fsp3) is 0.667. The molecule has 0 spiro atoms. The van der Waals surface area contributed by atoms with Crippen LogP contribution in [0.5, 0.6) is 0 Å². The maximum Gasteiger partial charge on any atom is 0.224 e. The molecular formula is C15H23N3OS. The van der Waals surface area contributed by atoms with Crippen molar-refractivity contribution in [3.05, 3.63) is 22.4 Å². The molecule has 2 saturated heterocycles. The Morgan fingerprint density at radius 1 is 1.35 bits per heavy atom. The van der Waals surface area contributed by atoms with Crippen molar-refractivity contribution in [3.63, 3.8) is 0 Å². The Kier molecular flexibility index (Phi) is 4.70. The van der Waals surface area contributed by atoms with Crippen molar-refractivity contribution >= 4 is 17.2 Å². The van der Waals surface area contributed by atoms with E-state index in [-0.39, 0.29) is 0 Å². The Morgan fingerprint density at radius 2 is 2.20 bits per heavy atom. The number of hydrogen-bond donors (Lipinski definition) is 1. The first-order valence-electron chi connectivity index (χ1n) is 7.57. The zero-order chi connectivity index (χ0) is 13.8. The normalized spacial score (nSPS) is 24.2. The Labute approximate surface area is 124 Å². The molecule has 1 N–H and O–H groups in total. The number of carbonyl (C=O) groups is 1. The molecule has 4 nitrogen and oxygen atoms in total. The van der Waals surface area contributed by atoms with Gasteiger partial charge in [-0.3, -0.25) is 9.69 Å². The van der Waals surface area contributed by atoms with Crippen LogP contribution in [0.25, 0.3) is 0 Å². The lowest BCUT2D eigenvalue weighted by Crippen LogP contribution is -2.49. The maximum atomic E-state index is 12.2. The zero-order valence-electron chi connectivity index (χ0n) is 11.9. The highest BCUT2D eigenvalue weighted by Gasteiger charge is 2.24. The second kappa shape index (κ2) is 6.70. The molecular weight excluding hydrogens is 270 g/mol. The molecule has 110 valence electrons. The van der Waals surface area contributed by atoms with E-state index in [9.17, 15) is 4.79 Å². The summed E-state index contributed by atoms with van der Waals surface area (Å²) in [6.45, 7) is 5.88. The smallest absolute Gasteiger partial charge is 0.224 e. The van der Waals surface area contributed by atoms with Gasteiger partial charge in [0.15, 0.2) is 0 Å². The summed E-state index contributed by atoms with van der Waals surface area (Å²) in [6.07, 6.45) is 3.06. The molecule has 0 aromatic carbocycles. The van der Waals surface area contributed by atoms with E-state index >= 15 is 0 Å². The van der Waals surface area contributed by atoms with Crippen molar-refractivity contribution in [2.24, 2.45) is 0 Å². The van der Waals surface area contributed by atoms with Gasteiger partial charge >= 0.3 is 0 Å². The number of piperazine rings is 1. The van der Waals surface area contributed by atoms with Gasteiger partial charge in [-0.1, -0.05) is 6.07 Å². The number of nitrogens with zero attached hydrogens (tertiary/aromatic N) is 2. The summed E-state index contributed by atoms with van der Waals surface area (Å²) in [5.41, 5.74) is 0. The molecule has 2 aliphatic rings. The molecule has 1 aromatic rings. The average Bonchev–Trinajstić information content (AvgIpc) is 3.13. The molecule has 0 aliphatic carbocycles. The van der Waals surface area contributed by atoms with Crippen molar-refractivity contribution in [3.8, 4) is 0 Å². The van der Waals surface area contributed by atoms with Gasteiger partial charge in [0.25, 0.3) is 0 Å². The number of rotatable bonds is 4. The summed E-state index contributed by atoms with van der Waals surface area (Å²) >= 11 is 1.81. The highest BCUT2D eigenvalue weighted by molar-refractivity contribution is 7.09. The molecule has 1 unspecified atom stereocenters. The molecule has 1 aromatic heterocycles. The number of thiophene rings is 1. The van der Waals surface area contributed by atoms with Crippen molar-refractivity contribution < 1.29 is 4.79 Å². The van der Waals surface area contributed by atoms with Gasteiger partial charge in [0, 0.05) is 50.1 Å². The second-order valence-corrected chi connectivity index (χ2v) is 6.77. The van der Waals surface area contributed by atoms with E-state index in [4.69, 9.17) is 0 Å². The molecule has 1 amide bonds. The zero-order valence-corrected chi connectivity index (χ0v) is 12.7. The van der Waals surface area contributed by atoms with Crippen LogP contribution in [0.3, 0.4) is 0 Å². The predicted molar refractivity (Wildman–Crippen MR) is 81.8 cm³/mol. The third-order valence-corrected chi connectivity index (χ3v) is 5.13. The van der Waals surface area contributed by atoms with E-state index in [1.54, 1.807) is 0 Å². The van der Waals surface area contributed by atoms with Crippen LogP contribution >= 0.6 is 11.3 Å². The van der Waals surface area contributed by atoms with Gasteiger partial charge in [-0.05, 0) is 30.8 Å². The minimum absolute atomic E-state index is 0.333. The summed E-state index contributed by atoms with van der Waals surface area (Å²) in [5, 5.41) is 5.54. The predicted octanol–water partition coefficient (Wildman–Crippen LogP) is 1.53. The summed E-state index contributed by atoms with van der Waals surface area (Å²) in [4.78, 5) is 18.2. The first-order valence-corrected chi connectivity index (χ1v) is 8.45. The van der Waals surface area contributed by atoms with Gasteiger partial charge in [-0.25, -0.2) is 0 Å². The lowest BCUT2D eigenvalue weighted by molar-refractivity contribution is -0.133. The summed E-state index contributed by atoms with van der Waals surface area (Å²) < 4.78 is 0. The van der Waals surface area contributed by atoms with Gasteiger partial charge in [0.1, 0.15) is 0 Å². The van der Waals surface area contributed by atoms with E-state index in [1.807, 2.05) is 16.2 Å². The van der Waals surface area contributed by atoms with Crippen LogP contribution in [0.2, 0.25) is 0 Å². The van der Waals surface area contributed by atoms with E-state index in [0.29, 0.717) is 18.4 Å². The third kappa shape index (κ3) is 3.59. The van der Waals surface area contributed by atoms with Gasteiger partial charge in [0.05, 0.1) is 0 Å². The minimum Gasteiger partial charge on any atom is -0.340 e. The summed E-state index contributed by atoms with van der Waals surface area (Å²) in [7, 11) is 0. The maximum absolute atomic E-state index is 12.2. The van der Waals surface area contributed by atoms with Crippen LogP contribution in [-0.4, -0.2) is 54.5 Å². The molecule has 0 radical (unpaired) electrons. The van der Waals surface area contributed by atoms with E-state index < -0.39 is 0 Å². The molecule has 3 rings (SSSR count). The Bertz CT molecular complexity index is 420.